The molecule has 2 heterocycles. The van der Waals surface area contributed by atoms with Gasteiger partial charge in [0.15, 0.2) is 0 Å². The van der Waals surface area contributed by atoms with Crippen LogP contribution in [0.1, 0.15) is 19.8 Å². The number of hydrogen-bond acceptors (Lipinski definition) is 4. The van der Waals surface area contributed by atoms with Crippen LogP contribution in [0.3, 0.4) is 0 Å². The van der Waals surface area contributed by atoms with Crippen LogP contribution in [-0.4, -0.2) is 72.6 Å². The van der Waals surface area contributed by atoms with E-state index in [1.54, 1.807) is 23.8 Å². The van der Waals surface area contributed by atoms with Gasteiger partial charge >= 0.3 is 0 Å². The highest BCUT2D eigenvalue weighted by atomic mass is 16.7. The Morgan fingerprint density at radius 3 is 2.83 bits per heavy atom. The van der Waals surface area contributed by atoms with Gasteiger partial charge in [-0.2, -0.15) is 5.06 Å². The maximum atomic E-state index is 12.1. The second-order valence-electron chi connectivity index (χ2n) is 4.89. The first kappa shape index (κ1) is 13.3. The topological polar surface area (TPSA) is 53.1 Å². The predicted octanol–water partition coefficient (Wildman–Crippen LogP) is -0.297. The van der Waals surface area contributed by atoms with Crippen LogP contribution in [0.25, 0.3) is 0 Å². The van der Waals surface area contributed by atoms with Crippen LogP contribution >= 0.6 is 0 Å². The molecule has 1 atom stereocenters. The number of likely N-dealkylation sites (N-methyl/N-ethyl adjacent to an activating group) is 1. The first-order valence-electron chi connectivity index (χ1n) is 6.52. The molecular formula is C12H21N3O3. The van der Waals surface area contributed by atoms with Crippen molar-refractivity contribution in [1.29, 1.82) is 0 Å². The van der Waals surface area contributed by atoms with Crippen molar-refractivity contribution >= 4 is 11.8 Å². The Labute approximate surface area is 107 Å². The molecule has 0 saturated carbocycles. The number of rotatable bonds is 3. The molecule has 0 aromatic heterocycles. The first-order chi connectivity index (χ1) is 8.59. The van der Waals surface area contributed by atoms with Crippen molar-refractivity contribution in [2.45, 2.75) is 25.8 Å². The minimum atomic E-state index is -0.337. The van der Waals surface area contributed by atoms with E-state index in [2.05, 4.69) is 0 Å². The number of carbonyl (C=O) groups excluding carboxylic acids is 2. The largest absolute Gasteiger partial charge is 0.342 e. The molecule has 2 rings (SSSR count). The van der Waals surface area contributed by atoms with Crippen molar-refractivity contribution in [2.24, 2.45) is 0 Å². The summed E-state index contributed by atoms with van der Waals surface area (Å²) in [5.74, 6) is 0.0615. The van der Waals surface area contributed by atoms with Gasteiger partial charge in [0.25, 0.3) is 0 Å². The second-order valence-corrected chi connectivity index (χ2v) is 4.89. The first-order valence-corrected chi connectivity index (χ1v) is 6.52. The third kappa shape index (κ3) is 2.81. The number of carbonyl (C=O) groups is 2. The molecule has 0 spiro atoms. The third-order valence-corrected chi connectivity index (χ3v) is 3.60. The molecule has 18 heavy (non-hydrogen) atoms. The van der Waals surface area contributed by atoms with Crippen LogP contribution in [-0.2, 0) is 14.4 Å². The Bertz CT molecular complexity index is 329. The molecular weight excluding hydrogens is 234 g/mol. The summed E-state index contributed by atoms with van der Waals surface area (Å²) in [6, 6.07) is -0.337. The van der Waals surface area contributed by atoms with E-state index in [1.165, 1.54) is 0 Å². The van der Waals surface area contributed by atoms with Crippen molar-refractivity contribution in [3.05, 3.63) is 0 Å². The molecule has 2 aliphatic rings. The van der Waals surface area contributed by atoms with Gasteiger partial charge in [0.1, 0.15) is 6.04 Å². The molecule has 2 fully saturated rings. The van der Waals surface area contributed by atoms with Gasteiger partial charge in [-0.3, -0.25) is 14.4 Å². The van der Waals surface area contributed by atoms with E-state index >= 15 is 0 Å². The lowest BCUT2D eigenvalue weighted by Gasteiger charge is -2.37. The standard InChI is InChI=1S/C12H21N3O3/c1-10-12(17)13(2)7-8-15(10)11(16)4-6-14-5-3-9-18-14/h10H,3-9H2,1-2H3/t10-/m0/s1. The van der Waals surface area contributed by atoms with Gasteiger partial charge in [0, 0.05) is 39.6 Å². The number of amides is 2. The van der Waals surface area contributed by atoms with Crippen molar-refractivity contribution < 1.29 is 14.4 Å². The molecule has 6 nitrogen and oxygen atoms in total. The zero-order valence-corrected chi connectivity index (χ0v) is 11.1. The van der Waals surface area contributed by atoms with E-state index in [9.17, 15) is 9.59 Å². The van der Waals surface area contributed by atoms with Gasteiger partial charge in [-0.05, 0) is 13.3 Å². The summed E-state index contributed by atoms with van der Waals surface area (Å²) < 4.78 is 0. The Morgan fingerprint density at radius 2 is 2.17 bits per heavy atom. The zero-order valence-electron chi connectivity index (χ0n) is 11.1. The van der Waals surface area contributed by atoms with Crippen molar-refractivity contribution in [2.75, 3.05) is 39.8 Å². The highest BCUT2D eigenvalue weighted by Crippen LogP contribution is 2.12. The normalized spacial score (nSPS) is 25.9. The summed E-state index contributed by atoms with van der Waals surface area (Å²) in [5.41, 5.74) is 0. The van der Waals surface area contributed by atoms with Gasteiger partial charge in [0.2, 0.25) is 11.8 Å². The van der Waals surface area contributed by atoms with E-state index < -0.39 is 0 Å². The highest BCUT2D eigenvalue weighted by molar-refractivity contribution is 5.88. The summed E-state index contributed by atoms with van der Waals surface area (Å²) in [6.45, 7) is 5.30. The van der Waals surface area contributed by atoms with E-state index in [-0.39, 0.29) is 17.9 Å². The van der Waals surface area contributed by atoms with E-state index in [1.807, 2.05) is 5.06 Å². The lowest BCUT2D eigenvalue weighted by Crippen LogP contribution is -2.56. The third-order valence-electron chi connectivity index (χ3n) is 3.60. The Morgan fingerprint density at radius 1 is 1.39 bits per heavy atom. The maximum absolute atomic E-state index is 12.1. The highest BCUT2D eigenvalue weighted by Gasteiger charge is 2.32. The molecule has 2 amide bonds. The maximum Gasteiger partial charge on any atom is 0.244 e. The number of hydrogen-bond donors (Lipinski definition) is 0. The number of hydroxylamine groups is 2. The summed E-state index contributed by atoms with van der Waals surface area (Å²) in [7, 11) is 1.78. The fourth-order valence-corrected chi connectivity index (χ4v) is 2.39. The fraction of sp³-hybridized carbons (Fsp3) is 0.833. The molecule has 2 aliphatic heterocycles. The van der Waals surface area contributed by atoms with Crippen LogP contribution < -0.4 is 0 Å². The minimum absolute atomic E-state index is 0.0204. The van der Waals surface area contributed by atoms with E-state index in [4.69, 9.17) is 4.84 Å². The van der Waals surface area contributed by atoms with Crippen LogP contribution in [0.4, 0.5) is 0 Å². The quantitative estimate of drug-likeness (QED) is 0.695. The van der Waals surface area contributed by atoms with Gasteiger partial charge in [-0.15, -0.1) is 0 Å². The van der Waals surface area contributed by atoms with Crippen LogP contribution in [0.15, 0.2) is 0 Å². The van der Waals surface area contributed by atoms with Crippen molar-refractivity contribution in [3.8, 4) is 0 Å². The molecule has 6 heteroatoms. The summed E-state index contributed by atoms with van der Waals surface area (Å²) in [5, 5.41) is 1.83. The summed E-state index contributed by atoms with van der Waals surface area (Å²) in [4.78, 5) is 32.6. The van der Waals surface area contributed by atoms with Crippen molar-refractivity contribution in [1.82, 2.24) is 14.9 Å². The minimum Gasteiger partial charge on any atom is -0.342 e. The van der Waals surface area contributed by atoms with E-state index in [0.717, 1.165) is 19.6 Å². The van der Waals surface area contributed by atoms with E-state index in [0.29, 0.717) is 26.1 Å². The van der Waals surface area contributed by atoms with Gasteiger partial charge in [-0.1, -0.05) is 0 Å². The molecule has 102 valence electrons. The van der Waals surface area contributed by atoms with Crippen LogP contribution in [0, 0.1) is 0 Å². The Balaban J connectivity index is 1.82. The van der Waals surface area contributed by atoms with Crippen LogP contribution in [0.5, 0.6) is 0 Å². The Hall–Kier alpha value is -1.14. The molecule has 0 radical (unpaired) electrons. The molecule has 0 bridgehead atoms. The smallest absolute Gasteiger partial charge is 0.244 e. The number of nitrogens with zero attached hydrogens (tertiary/aromatic N) is 3. The molecule has 0 unspecified atom stereocenters. The summed E-state index contributed by atoms with van der Waals surface area (Å²) in [6.07, 6.45) is 1.44. The summed E-state index contributed by atoms with van der Waals surface area (Å²) >= 11 is 0. The lowest BCUT2D eigenvalue weighted by atomic mass is 10.1. The lowest BCUT2D eigenvalue weighted by molar-refractivity contribution is -0.152. The fourth-order valence-electron chi connectivity index (χ4n) is 2.39. The predicted molar refractivity (Wildman–Crippen MR) is 65.6 cm³/mol. The Kier molecular flexibility index (Phi) is 4.19. The molecule has 0 aromatic carbocycles. The van der Waals surface area contributed by atoms with Crippen molar-refractivity contribution in [3.63, 3.8) is 0 Å². The van der Waals surface area contributed by atoms with Crippen LogP contribution in [0.2, 0.25) is 0 Å². The molecule has 0 N–H and O–H groups in total. The molecule has 0 aliphatic carbocycles. The average molecular weight is 255 g/mol. The number of piperazine rings is 1. The SMILES string of the molecule is C[C@H]1C(=O)N(C)CCN1C(=O)CCN1CCCO1. The zero-order chi connectivity index (χ0) is 13.1. The van der Waals surface area contributed by atoms with Gasteiger partial charge in [-0.25, -0.2) is 0 Å². The average Bonchev–Trinajstić information content (AvgIpc) is 2.86. The monoisotopic (exact) mass is 255 g/mol. The molecule has 2 saturated heterocycles. The van der Waals surface area contributed by atoms with Gasteiger partial charge < -0.3 is 9.80 Å². The second kappa shape index (κ2) is 5.67. The molecule has 0 aromatic rings. The van der Waals surface area contributed by atoms with Gasteiger partial charge in [0.05, 0.1) is 6.61 Å².